The van der Waals surface area contributed by atoms with Crippen molar-refractivity contribution in [2.75, 3.05) is 0 Å². The first-order valence-electron chi connectivity index (χ1n) is 11.9. The van der Waals surface area contributed by atoms with E-state index in [1.165, 1.54) is 12.1 Å². The van der Waals surface area contributed by atoms with Crippen LogP contribution in [0.5, 0.6) is 0 Å². The van der Waals surface area contributed by atoms with Crippen molar-refractivity contribution in [2.24, 2.45) is 0 Å². The lowest BCUT2D eigenvalue weighted by Crippen LogP contribution is -2.33. The summed E-state index contributed by atoms with van der Waals surface area (Å²) in [7, 11) is -3.69. The van der Waals surface area contributed by atoms with Crippen molar-refractivity contribution in [3.05, 3.63) is 95.8 Å². The number of hydrogen-bond acceptors (Lipinski definition) is 4. The van der Waals surface area contributed by atoms with Gasteiger partial charge in [0, 0.05) is 11.6 Å². The van der Waals surface area contributed by atoms with Gasteiger partial charge in [-0.2, -0.15) is 0 Å². The van der Waals surface area contributed by atoms with Crippen LogP contribution in [0.2, 0.25) is 0 Å². The fourth-order valence-electron chi connectivity index (χ4n) is 4.58. The van der Waals surface area contributed by atoms with Crippen LogP contribution in [0.25, 0.3) is 11.0 Å². The molecule has 0 bridgehead atoms. The van der Waals surface area contributed by atoms with Crippen molar-refractivity contribution >= 4 is 27.0 Å². The summed E-state index contributed by atoms with van der Waals surface area (Å²) in [6, 6.07) is 23.3. The Morgan fingerprint density at radius 3 is 2.49 bits per heavy atom. The molecule has 0 unspecified atom stereocenters. The van der Waals surface area contributed by atoms with E-state index in [0.717, 1.165) is 42.3 Å². The van der Waals surface area contributed by atoms with Crippen LogP contribution in [0.4, 0.5) is 0 Å². The van der Waals surface area contributed by atoms with Crippen molar-refractivity contribution in [1.82, 2.24) is 20.0 Å². The second kappa shape index (κ2) is 10.0. The Morgan fingerprint density at radius 2 is 1.71 bits per heavy atom. The van der Waals surface area contributed by atoms with Crippen LogP contribution in [-0.4, -0.2) is 30.3 Å². The average Bonchev–Trinajstić information content (AvgIpc) is 3.54. The molecule has 0 saturated heterocycles. The first-order valence-corrected chi connectivity index (χ1v) is 13.4. The number of fused-ring (bicyclic) bond motifs is 1. The number of carbonyl (C=O) groups excluding carboxylic acids is 1. The monoisotopic (exact) mass is 488 g/mol. The molecule has 180 valence electrons. The number of nitrogens with zero attached hydrogens (tertiary/aromatic N) is 1. The Balaban J connectivity index is 1.40. The predicted octanol–water partition coefficient (Wildman–Crippen LogP) is 4.50. The molecule has 8 heteroatoms. The zero-order chi connectivity index (χ0) is 24.3. The van der Waals surface area contributed by atoms with E-state index >= 15 is 0 Å². The normalized spacial score (nSPS) is 15.3. The molecule has 0 radical (unpaired) electrons. The number of aromatic amines is 1. The highest BCUT2D eigenvalue weighted by Gasteiger charge is 2.25. The number of rotatable bonds is 8. The lowest BCUT2D eigenvalue weighted by atomic mass is 10.0. The third-order valence-electron chi connectivity index (χ3n) is 6.41. The number of aromatic nitrogens is 2. The molecular formula is C27H28N4O3S. The number of hydrogen-bond donors (Lipinski definition) is 3. The number of sulfonamides is 1. The number of carbonyl (C=O) groups is 1. The minimum Gasteiger partial charge on any atom is -0.342 e. The molecule has 4 aromatic rings. The van der Waals surface area contributed by atoms with Crippen LogP contribution < -0.4 is 10.0 Å². The van der Waals surface area contributed by atoms with Crippen LogP contribution >= 0.6 is 0 Å². The molecule has 1 amide bonds. The first-order chi connectivity index (χ1) is 17.0. The van der Waals surface area contributed by atoms with Gasteiger partial charge in [0.1, 0.15) is 5.82 Å². The van der Waals surface area contributed by atoms with Crippen LogP contribution in [0.3, 0.4) is 0 Å². The minimum absolute atomic E-state index is 0.0409. The van der Waals surface area contributed by atoms with Gasteiger partial charge in [-0.1, -0.05) is 61.4 Å². The van der Waals surface area contributed by atoms with Gasteiger partial charge in [0.2, 0.25) is 10.0 Å². The SMILES string of the molecule is O=C(N[C@@H](Cc1ccccc1)c1nc2ccccc2[nH]1)c1cccc(S(=O)(=O)NC2CCCC2)c1. The Hall–Kier alpha value is -3.49. The lowest BCUT2D eigenvalue weighted by Gasteiger charge is -2.18. The average molecular weight is 489 g/mol. The number of imidazole rings is 1. The summed E-state index contributed by atoms with van der Waals surface area (Å²) in [5.74, 6) is 0.291. The van der Waals surface area contributed by atoms with Gasteiger partial charge in [-0.3, -0.25) is 4.79 Å². The number of H-pyrrole nitrogens is 1. The van der Waals surface area contributed by atoms with Gasteiger partial charge in [-0.25, -0.2) is 18.1 Å². The topological polar surface area (TPSA) is 104 Å². The maximum atomic E-state index is 13.3. The smallest absolute Gasteiger partial charge is 0.251 e. The minimum atomic E-state index is -3.69. The summed E-state index contributed by atoms with van der Waals surface area (Å²) in [4.78, 5) is 21.4. The Morgan fingerprint density at radius 1 is 0.971 bits per heavy atom. The Bertz CT molecular complexity index is 1390. The summed E-state index contributed by atoms with van der Waals surface area (Å²) in [6.45, 7) is 0. The Kier molecular flexibility index (Phi) is 6.66. The molecule has 3 aromatic carbocycles. The molecule has 35 heavy (non-hydrogen) atoms. The molecule has 1 saturated carbocycles. The van der Waals surface area contributed by atoms with E-state index in [9.17, 15) is 13.2 Å². The Labute approximate surface area is 205 Å². The van der Waals surface area contributed by atoms with Gasteiger partial charge in [0.25, 0.3) is 5.91 Å². The largest absolute Gasteiger partial charge is 0.342 e. The lowest BCUT2D eigenvalue weighted by molar-refractivity contribution is 0.0934. The number of benzene rings is 3. The molecule has 1 aromatic heterocycles. The summed E-state index contributed by atoms with van der Waals surface area (Å²) in [5, 5.41) is 3.06. The summed E-state index contributed by atoms with van der Waals surface area (Å²) in [6.07, 6.45) is 4.28. The van der Waals surface area contributed by atoms with E-state index in [-0.39, 0.29) is 22.4 Å². The van der Waals surface area contributed by atoms with E-state index in [4.69, 9.17) is 4.98 Å². The number of nitrogens with one attached hydrogen (secondary N) is 3. The van der Waals surface area contributed by atoms with E-state index in [1.54, 1.807) is 12.1 Å². The molecule has 0 aliphatic heterocycles. The van der Waals surface area contributed by atoms with E-state index in [1.807, 2.05) is 54.6 Å². The molecule has 3 N–H and O–H groups in total. The van der Waals surface area contributed by atoms with Gasteiger partial charge < -0.3 is 10.3 Å². The summed E-state index contributed by atoms with van der Waals surface area (Å²) in [5.41, 5.74) is 3.05. The molecule has 1 aliphatic carbocycles. The fourth-order valence-corrected chi connectivity index (χ4v) is 5.93. The summed E-state index contributed by atoms with van der Waals surface area (Å²) >= 11 is 0. The second-order valence-electron chi connectivity index (χ2n) is 8.99. The van der Waals surface area contributed by atoms with Gasteiger partial charge in [0.05, 0.1) is 22.0 Å². The van der Waals surface area contributed by atoms with Crippen molar-refractivity contribution < 1.29 is 13.2 Å². The van der Waals surface area contributed by atoms with Gasteiger partial charge >= 0.3 is 0 Å². The molecule has 5 rings (SSSR count). The van der Waals surface area contributed by atoms with Gasteiger partial charge in [-0.15, -0.1) is 0 Å². The molecule has 0 spiro atoms. The standard InChI is InChI=1S/C27H28N4O3S/c32-27(20-11-8-14-22(18-20)35(33,34)31-21-12-4-5-13-21)30-25(17-19-9-2-1-3-10-19)26-28-23-15-6-7-16-24(23)29-26/h1-3,6-11,14-16,18,21,25,31H,4-5,12-13,17H2,(H,28,29)(H,30,32)/t25-/m0/s1. The van der Waals surface area contributed by atoms with Crippen molar-refractivity contribution in [1.29, 1.82) is 0 Å². The zero-order valence-corrected chi connectivity index (χ0v) is 20.1. The zero-order valence-electron chi connectivity index (χ0n) is 19.3. The highest BCUT2D eigenvalue weighted by molar-refractivity contribution is 7.89. The molecule has 1 aliphatic rings. The quantitative estimate of drug-likeness (QED) is 0.340. The van der Waals surface area contributed by atoms with Crippen LogP contribution in [0.15, 0.2) is 83.8 Å². The van der Waals surface area contributed by atoms with Crippen molar-refractivity contribution in [3.8, 4) is 0 Å². The van der Waals surface area contributed by atoms with Crippen LogP contribution in [0.1, 0.15) is 53.5 Å². The highest BCUT2D eigenvalue weighted by Crippen LogP contribution is 2.23. The van der Waals surface area contributed by atoms with Gasteiger partial charge in [-0.05, 0) is 55.2 Å². The maximum absolute atomic E-state index is 13.3. The van der Waals surface area contributed by atoms with E-state index in [0.29, 0.717) is 12.2 Å². The fraction of sp³-hybridized carbons (Fsp3) is 0.259. The third-order valence-corrected chi connectivity index (χ3v) is 7.93. The van der Waals surface area contributed by atoms with Gasteiger partial charge in [0.15, 0.2) is 0 Å². The first kappa shape index (κ1) is 23.3. The summed E-state index contributed by atoms with van der Waals surface area (Å²) < 4.78 is 28.6. The van der Waals surface area contributed by atoms with Crippen molar-refractivity contribution in [3.63, 3.8) is 0 Å². The number of para-hydroxylation sites is 2. The number of amides is 1. The van der Waals surface area contributed by atoms with Crippen LogP contribution in [-0.2, 0) is 16.4 Å². The third kappa shape index (κ3) is 5.44. The maximum Gasteiger partial charge on any atom is 0.251 e. The van der Waals surface area contributed by atoms with E-state index < -0.39 is 16.1 Å². The molecule has 7 nitrogen and oxygen atoms in total. The molecule has 1 atom stereocenters. The second-order valence-corrected chi connectivity index (χ2v) is 10.7. The van der Waals surface area contributed by atoms with Crippen LogP contribution in [0, 0.1) is 0 Å². The molecule has 1 fully saturated rings. The molecule has 1 heterocycles. The predicted molar refractivity (Wildman–Crippen MR) is 135 cm³/mol. The highest BCUT2D eigenvalue weighted by atomic mass is 32.2. The van der Waals surface area contributed by atoms with Crippen molar-refractivity contribution in [2.45, 2.75) is 49.1 Å². The molecular weight excluding hydrogens is 460 g/mol. The van der Waals surface area contributed by atoms with E-state index in [2.05, 4.69) is 15.0 Å².